The van der Waals surface area contributed by atoms with Crippen LogP contribution in [0.25, 0.3) is 0 Å². The standard InChI is InChI=1S/C9H11NO3.C6H14N4O2.C6H13NO2/c10-8(9(12)13)5-6-1-3-7(11)4-2-6;7-4(5(11)12)2-1-3-10-6(8)9;1-3-4(2)5(7)6(8)9/h1-4,8,11H,5,10H2,(H,12,13);4H,1-3,7H2,(H,11,12)(H4,8,9,10);4-5H,3,7H2,1-2H3,(H,8,9). The van der Waals surface area contributed by atoms with Gasteiger partial charge in [0.2, 0.25) is 0 Å². The molecule has 0 aromatic heterocycles. The molecule has 14 N–H and O–H groups in total. The van der Waals surface area contributed by atoms with Crippen LogP contribution in [0.1, 0.15) is 38.7 Å². The minimum Gasteiger partial charge on any atom is -0.508 e. The summed E-state index contributed by atoms with van der Waals surface area (Å²) in [6.45, 7) is 4.24. The maximum atomic E-state index is 10.4. The number of carboxylic acids is 3. The average molecular weight is 487 g/mol. The molecule has 4 unspecified atom stereocenters. The second-order valence-electron chi connectivity index (χ2n) is 7.49. The van der Waals surface area contributed by atoms with Crippen LogP contribution in [0.15, 0.2) is 24.3 Å². The lowest BCUT2D eigenvalue weighted by Crippen LogP contribution is -2.36. The maximum absolute atomic E-state index is 10.4. The van der Waals surface area contributed by atoms with Crippen LogP contribution < -0.4 is 28.3 Å². The third-order valence-corrected chi connectivity index (χ3v) is 4.58. The summed E-state index contributed by atoms with van der Waals surface area (Å²) in [6, 6.07) is 3.91. The summed E-state index contributed by atoms with van der Waals surface area (Å²) in [5, 5.41) is 43.5. The molecule has 0 fully saturated rings. The predicted octanol–water partition coefficient (Wildman–Crippen LogP) is -0.547. The van der Waals surface area contributed by atoms with E-state index in [1.807, 2.05) is 13.8 Å². The smallest absolute Gasteiger partial charge is 0.320 e. The van der Waals surface area contributed by atoms with Gasteiger partial charge in [0.15, 0.2) is 5.96 Å². The van der Waals surface area contributed by atoms with Crippen molar-refractivity contribution in [1.82, 2.24) is 5.32 Å². The first kappa shape index (κ1) is 32.8. The number of aromatic hydroxyl groups is 1. The Morgan fingerprint density at radius 1 is 0.971 bits per heavy atom. The molecule has 0 aliphatic carbocycles. The van der Waals surface area contributed by atoms with Crippen LogP contribution in [0.3, 0.4) is 0 Å². The molecular weight excluding hydrogens is 448 g/mol. The van der Waals surface area contributed by atoms with Crippen LogP contribution >= 0.6 is 0 Å². The number of phenolic OH excluding ortho intramolecular Hbond substituents is 1. The second kappa shape index (κ2) is 18.1. The van der Waals surface area contributed by atoms with Gasteiger partial charge >= 0.3 is 17.9 Å². The zero-order valence-electron chi connectivity index (χ0n) is 19.5. The zero-order valence-corrected chi connectivity index (χ0v) is 19.5. The number of nitrogens with two attached hydrogens (primary N) is 4. The van der Waals surface area contributed by atoms with Crippen molar-refractivity contribution in [1.29, 1.82) is 5.41 Å². The summed E-state index contributed by atoms with van der Waals surface area (Å²) in [6.07, 6.45) is 2.06. The van der Waals surface area contributed by atoms with E-state index < -0.39 is 36.0 Å². The van der Waals surface area contributed by atoms with Crippen molar-refractivity contribution in [3.05, 3.63) is 29.8 Å². The topological polar surface area (TPSA) is 272 Å². The number of carbonyl (C=O) groups is 3. The van der Waals surface area contributed by atoms with Crippen LogP contribution in [0.4, 0.5) is 0 Å². The number of guanidine groups is 1. The van der Waals surface area contributed by atoms with Crippen molar-refractivity contribution in [3.63, 3.8) is 0 Å². The Bertz CT molecular complexity index is 760. The molecule has 1 aromatic carbocycles. The molecule has 4 atom stereocenters. The summed E-state index contributed by atoms with van der Waals surface area (Å²) >= 11 is 0. The van der Waals surface area contributed by atoms with E-state index in [1.54, 1.807) is 12.1 Å². The molecule has 34 heavy (non-hydrogen) atoms. The van der Waals surface area contributed by atoms with Gasteiger partial charge in [0.25, 0.3) is 0 Å². The number of benzene rings is 1. The second-order valence-corrected chi connectivity index (χ2v) is 7.49. The van der Waals surface area contributed by atoms with Crippen molar-refractivity contribution in [2.45, 2.75) is 57.7 Å². The van der Waals surface area contributed by atoms with Gasteiger partial charge in [-0.1, -0.05) is 32.4 Å². The van der Waals surface area contributed by atoms with E-state index in [0.717, 1.165) is 12.0 Å². The van der Waals surface area contributed by atoms with E-state index in [1.165, 1.54) is 12.1 Å². The summed E-state index contributed by atoms with van der Waals surface area (Å²) in [5.74, 6) is -2.82. The predicted molar refractivity (Wildman–Crippen MR) is 127 cm³/mol. The molecule has 0 saturated heterocycles. The van der Waals surface area contributed by atoms with Gasteiger partial charge in [0.05, 0.1) is 0 Å². The Kier molecular flexibility index (Phi) is 17.4. The molecule has 194 valence electrons. The Balaban J connectivity index is 0. The summed E-state index contributed by atoms with van der Waals surface area (Å²) in [4.78, 5) is 30.8. The van der Waals surface area contributed by atoms with Crippen molar-refractivity contribution >= 4 is 23.9 Å². The van der Waals surface area contributed by atoms with Gasteiger partial charge < -0.3 is 48.7 Å². The Morgan fingerprint density at radius 3 is 1.82 bits per heavy atom. The minimum atomic E-state index is -1.02. The summed E-state index contributed by atoms with van der Waals surface area (Å²) in [5.41, 5.74) is 21.6. The monoisotopic (exact) mass is 486 g/mol. The molecule has 0 radical (unpaired) electrons. The average Bonchev–Trinajstić information content (AvgIpc) is 2.77. The molecule has 0 amide bonds. The number of hydrogen-bond donors (Lipinski definition) is 10. The van der Waals surface area contributed by atoms with Gasteiger partial charge in [-0.2, -0.15) is 0 Å². The first-order valence-electron chi connectivity index (χ1n) is 10.5. The lowest BCUT2D eigenvalue weighted by molar-refractivity contribution is -0.140. The Hall–Kier alpha value is -3.42. The lowest BCUT2D eigenvalue weighted by atomic mass is 10.0. The van der Waals surface area contributed by atoms with Crippen LogP contribution in [-0.4, -0.2) is 69.0 Å². The Morgan fingerprint density at radius 2 is 1.47 bits per heavy atom. The third kappa shape index (κ3) is 17.2. The van der Waals surface area contributed by atoms with Crippen molar-refractivity contribution in [2.75, 3.05) is 6.54 Å². The lowest BCUT2D eigenvalue weighted by Gasteiger charge is -2.11. The highest BCUT2D eigenvalue weighted by Gasteiger charge is 2.17. The van der Waals surface area contributed by atoms with Crippen molar-refractivity contribution < 1.29 is 34.8 Å². The highest BCUT2D eigenvalue weighted by atomic mass is 16.4. The highest BCUT2D eigenvalue weighted by Crippen LogP contribution is 2.10. The van der Waals surface area contributed by atoms with E-state index in [0.29, 0.717) is 19.4 Å². The van der Waals surface area contributed by atoms with Gasteiger partial charge in [0.1, 0.15) is 23.9 Å². The number of rotatable bonds is 11. The van der Waals surface area contributed by atoms with Crippen LogP contribution in [0.2, 0.25) is 0 Å². The summed E-state index contributed by atoms with van der Waals surface area (Å²) in [7, 11) is 0. The van der Waals surface area contributed by atoms with Crippen molar-refractivity contribution in [3.8, 4) is 5.75 Å². The van der Waals surface area contributed by atoms with Crippen molar-refractivity contribution in [2.24, 2.45) is 28.9 Å². The number of phenols is 1. The van der Waals surface area contributed by atoms with Crippen LogP contribution in [0, 0.1) is 11.3 Å². The van der Waals surface area contributed by atoms with Gasteiger partial charge in [-0.25, -0.2) is 0 Å². The van der Waals surface area contributed by atoms with Gasteiger partial charge in [-0.05, 0) is 42.9 Å². The van der Waals surface area contributed by atoms with Gasteiger partial charge in [-0.15, -0.1) is 0 Å². The first-order valence-corrected chi connectivity index (χ1v) is 10.5. The highest BCUT2D eigenvalue weighted by molar-refractivity contribution is 5.74. The fourth-order valence-electron chi connectivity index (χ4n) is 2.14. The number of carboxylic acid groups (broad SMARTS) is 3. The molecule has 1 aromatic rings. The van der Waals surface area contributed by atoms with Crippen LogP contribution in [-0.2, 0) is 20.8 Å². The van der Waals surface area contributed by atoms with Crippen LogP contribution in [0.5, 0.6) is 5.75 Å². The van der Waals surface area contributed by atoms with Gasteiger partial charge in [0, 0.05) is 6.54 Å². The fraction of sp³-hybridized carbons (Fsp3) is 0.524. The first-order chi connectivity index (χ1) is 15.7. The number of nitrogens with one attached hydrogen (secondary N) is 2. The molecule has 0 saturated carbocycles. The van der Waals surface area contributed by atoms with E-state index in [9.17, 15) is 14.4 Å². The SMILES string of the molecule is CCC(C)C(N)C(=O)O.N=C(N)NCCCC(N)C(=O)O.NC(Cc1ccc(O)cc1)C(=O)O. The molecule has 0 bridgehead atoms. The third-order valence-electron chi connectivity index (χ3n) is 4.58. The minimum absolute atomic E-state index is 0.0718. The summed E-state index contributed by atoms with van der Waals surface area (Å²) < 4.78 is 0. The van der Waals surface area contributed by atoms with E-state index >= 15 is 0 Å². The maximum Gasteiger partial charge on any atom is 0.320 e. The molecule has 13 heteroatoms. The molecule has 13 nitrogen and oxygen atoms in total. The zero-order chi connectivity index (χ0) is 26.8. The molecule has 0 spiro atoms. The van der Waals surface area contributed by atoms with Gasteiger partial charge in [-0.3, -0.25) is 19.8 Å². The van der Waals surface area contributed by atoms with E-state index in [2.05, 4.69) is 5.32 Å². The number of hydrogen-bond acceptors (Lipinski definition) is 8. The fourth-order valence-corrected chi connectivity index (χ4v) is 2.14. The molecule has 1 rings (SSSR count). The van der Waals surface area contributed by atoms with E-state index in [4.69, 9.17) is 48.8 Å². The molecular formula is C21H38N6O7. The molecule has 0 aliphatic heterocycles. The molecule has 0 heterocycles. The van der Waals surface area contributed by atoms with E-state index in [-0.39, 0.29) is 24.0 Å². The molecule has 0 aliphatic rings. The quantitative estimate of drug-likeness (QED) is 0.107. The number of aliphatic carboxylic acids is 3. The largest absolute Gasteiger partial charge is 0.508 e. The normalized spacial score (nSPS) is 13.4. The Labute approximate surface area is 198 Å².